The van der Waals surface area contributed by atoms with E-state index < -0.39 is 11.9 Å². The molecule has 23 heavy (non-hydrogen) atoms. The highest BCUT2D eigenvalue weighted by Gasteiger charge is 2.34. The third kappa shape index (κ3) is 4.57. The molecule has 0 bridgehead atoms. The number of carbonyl (C=O) groups is 2. The van der Waals surface area contributed by atoms with Crippen LogP contribution < -0.4 is 4.74 Å². The lowest BCUT2D eigenvalue weighted by atomic mass is 9.75. The molecule has 0 amide bonds. The van der Waals surface area contributed by atoms with Crippen molar-refractivity contribution >= 4 is 11.9 Å². The van der Waals surface area contributed by atoms with Crippen LogP contribution >= 0.6 is 0 Å². The average molecular weight is 318 g/mol. The Bertz CT molecular complexity index is 564. The minimum atomic E-state index is -0.448. The van der Waals surface area contributed by atoms with E-state index in [0.29, 0.717) is 23.3 Å². The smallest absolute Gasteiger partial charge is 0.342 e. The van der Waals surface area contributed by atoms with E-state index in [9.17, 15) is 9.59 Å². The van der Waals surface area contributed by atoms with Crippen LogP contribution in [0.2, 0.25) is 0 Å². The minimum absolute atomic E-state index is 0.0726. The van der Waals surface area contributed by atoms with Crippen LogP contribution in [0.4, 0.5) is 0 Å². The van der Waals surface area contributed by atoms with Crippen LogP contribution in [-0.4, -0.2) is 18.0 Å². The maximum Gasteiger partial charge on any atom is 0.342 e. The first-order valence-electron chi connectivity index (χ1n) is 8.37. The SMILES string of the molecule is CC(=O)Oc1ccccc1C(=O)O[C@@H]1C[C@H](C)CC[C@H]1C(C)C. The Hall–Kier alpha value is -1.84. The van der Waals surface area contributed by atoms with Gasteiger partial charge in [0, 0.05) is 6.92 Å². The van der Waals surface area contributed by atoms with E-state index in [4.69, 9.17) is 9.47 Å². The van der Waals surface area contributed by atoms with Crippen LogP contribution in [0.15, 0.2) is 24.3 Å². The molecule has 1 aromatic carbocycles. The van der Waals surface area contributed by atoms with Crippen molar-refractivity contribution < 1.29 is 19.1 Å². The summed E-state index contributed by atoms with van der Waals surface area (Å²) in [5.74, 6) is 0.824. The second-order valence-corrected chi connectivity index (χ2v) is 6.86. The molecule has 1 aliphatic rings. The fourth-order valence-electron chi connectivity index (χ4n) is 3.33. The highest BCUT2D eigenvalue weighted by molar-refractivity contribution is 5.93. The van der Waals surface area contributed by atoms with Gasteiger partial charge in [-0.05, 0) is 42.7 Å². The number of rotatable bonds is 4. The number of carbonyl (C=O) groups excluding carboxylic acids is 2. The van der Waals surface area contributed by atoms with Gasteiger partial charge < -0.3 is 9.47 Å². The summed E-state index contributed by atoms with van der Waals surface area (Å²) in [5, 5.41) is 0. The largest absolute Gasteiger partial charge is 0.458 e. The number of ether oxygens (including phenoxy) is 2. The van der Waals surface area contributed by atoms with E-state index >= 15 is 0 Å². The van der Waals surface area contributed by atoms with Gasteiger partial charge >= 0.3 is 11.9 Å². The molecule has 0 unspecified atom stereocenters. The van der Waals surface area contributed by atoms with Gasteiger partial charge in [0.1, 0.15) is 17.4 Å². The zero-order chi connectivity index (χ0) is 17.0. The van der Waals surface area contributed by atoms with Crippen LogP contribution in [0.5, 0.6) is 5.75 Å². The van der Waals surface area contributed by atoms with Crippen molar-refractivity contribution in [3.05, 3.63) is 29.8 Å². The summed E-state index contributed by atoms with van der Waals surface area (Å²) in [6.45, 7) is 7.87. The summed E-state index contributed by atoms with van der Waals surface area (Å²) in [6.07, 6.45) is 3.09. The average Bonchev–Trinajstić information content (AvgIpc) is 2.46. The van der Waals surface area contributed by atoms with Crippen LogP contribution in [0.3, 0.4) is 0 Å². The number of hydrogen-bond donors (Lipinski definition) is 0. The van der Waals surface area contributed by atoms with E-state index in [1.807, 2.05) is 0 Å². The molecule has 0 heterocycles. The monoisotopic (exact) mass is 318 g/mol. The molecule has 2 rings (SSSR count). The van der Waals surface area contributed by atoms with Gasteiger partial charge in [-0.25, -0.2) is 4.79 Å². The number of para-hydroxylation sites is 1. The summed E-state index contributed by atoms with van der Waals surface area (Å²) in [5.41, 5.74) is 0.309. The Labute approximate surface area is 138 Å². The van der Waals surface area contributed by atoms with Crippen molar-refractivity contribution in [2.24, 2.45) is 17.8 Å². The second-order valence-electron chi connectivity index (χ2n) is 6.86. The molecule has 1 fully saturated rings. The number of hydrogen-bond acceptors (Lipinski definition) is 4. The Morgan fingerprint density at radius 2 is 1.87 bits per heavy atom. The van der Waals surface area contributed by atoms with Gasteiger partial charge in [-0.3, -0.25) is 4.79 Å². The maximum absolute atomic E-state index is 12.6. The predicted octanol–water partition coefficient (Wildman–Crippen LogP) is 4.23. The van der Waals surface area contributed by atoms with E-state index in [0.717, 1.165) is 12.8 Å². The van der Waals surface area contributed by atoms with Crippen molar-refractivity contribution in [2.75, 3.05) is 0 Å². The summed E-state index contributed by atoms with van der Waals surface area (Å²) in [6, 6.07) is 6.72. The van der Waals surface area contributed by atoms with E-state index in [2.05, 4.69) is 20.8 Å². The molecule has 0 aromatic heterocycles. The van der Waals surface area contributed by atoms with Gasteiger partial charge in [-0.15, -0.1) is 0 Å². The molecule has 4 nitrogen and oxygen atoms in total. The molecule has 126 valence electrons. The fourth-order valence-corrected chi connectivity index (χ4v) is 3.33. The zero-order valence-electron chi connectivity index (χ0n) is 14.4. The molecule has 1 aromatic rings. The quantitative estimate of drug-likeness (QED) is 0.616. The van der Waals surface area contributed by atoms with Gasteiger partial charge in [0.15, 0.2) is 0 Å². The van der Waals surface area contributed by atoms with Crippen LogP contribution in [0, 0.1) is 17.8 Å². The molecule has 4 heteroatoms. The molecule has 0 saturated heterocycles. The normalized spacial score (nSPS) is 24.3. The molecular formula is C19H26O4. The van der Waals surface area contributed by atoms with Crippen LogP contribution in [0.1, 0.15) is 57.3 Å². The molecular weight excluding hydrogens is 292 g/mol. The third-order valence-corrected chi connectivity index (χ3v) is 4.58. The first kappa shape index (κ1) is 17.5. The molecule has 1 aliphatic carbocycles. The first-order chi connectivity index (χ1) is 10.9. The topological polar surface area (TPSA) is 52.6 Å². The van der Waals surface area contributed by atoms with Crippen molar-refractivity contribution in [3.8, 4) is 5.75 Å². The summed E-state index contributed by atoms with van der Waals surface area (Å²) < 4.78 is 10.9. The molecule has 0 radical (unpaired) electrons. The molecule has 0 aliphatic heterocycles. The lowest BCUT2D eigenvalue weighted by Gasteiger charge is -2.36. The standard InChI is InChI=1S/C19H26O4/c1-12(2)15-10-9-13(3)11-18(15)23-19(21)16-7-5-6-8-17(16)22-14(4)20/h5-8,12-13,15,18H,9-11H2,1-4H3/t13-,15+,18-/m1/s1. The Kier molecular flexibility index (Phi) is 5.80. The summed E-state index contributed by atoms with van der Waals surface area (Å²) in [4.78, 5) is 23.8. The van der Waals surface area contributed by atoms with E-state index in [1.165, 1.54) is 13.3 Å². The molecule has 1 saturated carbocycles. The van der Waals surface area contributed by atoms with Crippen molar-refractivity contribution in [1.29, 1.82) is 0 Å². The van der Waals surface area contributed by atoms with Crippen molar-refractivity contribution in [3.63, 3.8) is 0 Å². The highest BCUT2D eigenvalue weighted by Crippen LogP contribution is 2.36. The van der Waals surface area contributed by atoms with E-state index in [-0.39, 0.29) is 11.9 Å². The summed E-state index contributed by atoms with van der Waals surface area (Å²) in [7, 11) is 0. The fraction of sp³-hybridized carbons (Fsp3) is 0.579. The van der Waals surface area contributed by atoms with Crippen LogP contribution in [0.25, 0.3) is 0 Å². The lowest BCUT2D eigenvalue weighted by Crippen LogP contribution is -2.36. The predicted molar refractivity (Wildman–Crippen MR) is 88.3 cm³/mol. The van der Waals surface area contributed by atoms with Crippen LogP contribution in [-0.2, 0) is 9.53 Å². The molecule has 3 atom stereocenters. The van der Waals surface area contributed by atoms with Gasteiger partial charge in [-0.2, -0.15) is 0 Å². The number of benzene rings is 1. The maximum atomic E-state index is 12.6. The Morgan fingerprint density at radius 1 is 1.17 bits per heavy atom. The zero-order valence-corrected chi connectivity index (χ0v) is 14.4. The van der Waals surface area contributed by atoms with E-state index in [1.54, 1.807) is 24.3 Å². The Morgan fingerprint density at radius 3 is 2.52 bits per heavy atom. The highest BCUT2D eigenvalue weighted by atomic mass is 16.6. The van der Waals surface area contributed by atoms with Gasteiger partial charge in [-0.1, -0.05) is 39.3 Å². The first-order valence-corrected chi connectivity index (χ1v) is 8.37. The lowest BCUT2D eigenvalue weighted by molar-refractivity contribution is -0.131. The van der Waals surface area contributed by atoms with Gasteiger partial charge in [0.05, 0.1) is 0 Å². The van der Waals surface area contributed by atoms with Gasteiger partial charge in [0.25, 0.3) is 0 Å². The van der Waals surface area contributed by atoms with Crippen molar-refractivity contribution in [1.82, 2.24) is 0 Å². The Balaban J connectivity index is 2.15. The minimum Gasteiger partial charge on any atom is -0.458 e. The summed E-state index contributed by atoms with van der Waals surface area (Å²) >= 11 is 0. The molecule has 0 spiro atoms. The van der Waals surface area contributed by atoms with Gasteiger partial charge in [0.2, 0.25) is 0 Å². The number of esters is 2. The third-order valence-electron chi connectivity index (χ3n) is 4.58. The molecule has 0 N–H and O–H groups in total. The van der Waals surface area contributed by atoms with Crippen molar-refractivity contribution in [2.45, 2.75) is 53.1 Å². The second kappa shape index (κ2) is 7.62.